The third kappa shape index (κ3) is 3.47. The zero-order chi connectivity index (χ0) is 18.6. The van der Waals surface area contributed by atoms with E-state index in [1.165, 1.54) is 11.3 Å². The van der Waals surface area contributed by atoms with Crippen LogP contribution in [0.2, 0.25) is 0 Å². The van der Waals surface area contributed by atoms with Gasteiger partial charge in [0.1, 0.15) is 5.75 Å². The van der Waals surface area contributed by atoms with Crippen LogP contribution in [0.25, 0.3) is 10.8 Å². The number of anilines is 1. The Bertz CT molecular complexity index is 992. The molecule has 1 fully saturated rings. The molecule has 0 radical (unpaired) electrons. The smallest absolute Gasteiger partial charge is 0.119 e. The number of fused-ring (bicyclic) bond motifs is 1. The van der Waals surface area contributed by atoms with Gasteiger partial charge in [-0.2, -0.15) is 5.26 Å². The maximum atomic E-state index is 9.42. The average molecular weight is 357 g/mol. The van der Waals surface area contributed by atoms with E-state index in [-0.39, 0.29) is 0 Å². The monoisotopic (exact) mass is 357 g/mol. The zero-order valence-corrected chi connectivity index (χ0v) is 15.6. The molecule has 0 amide bonds. The fourth-order valence-corrected chi connectivity index (χ4v) is 3.82. The van der Waals surface area contributed by atoms with Crippen LogP contribution in [-0.4, -0.2) is 24.7 Å². The Labute approximate surface area is 160 Å². The molecule has 27 heavy (non-hydrogen) atoms. The van der Waals surface area contributed by atoms with Gasteiger partial charge in [0.15, 0.2) is 0 Å². The van der Waals surface area contributed by atoms with Crippen LogP contribution in [0.1, 0.15) is 24.5 Å². The van der Waals surface area contributed by atoms with Gasteiger partial charge in [0.25, 0.3) is 0 Å². The van der Waals surface area contributed by atoms with E-state index in [9.17, 15) is 5.26 Å². The number of rotatable bonds is 5. The Morgan fingerprint density at radius 2 is 1.85 bits per heavy atom. The van der Waals surface area contributed by atoms with Crippen LogP contribution < -0.4 is 9.75 Å². The lowest BCUT2D eigenvalue weighted by atomic mass is 10.0. The summed E-state index contributed by atoms with van der Waals surface area (Å²) in [4.78, 5) is 0. The van der Waals surface area contributed by atoms with E-state index in [0.29, 0.717) is 6.61 Å². The molecule has 3 aromatic rings. The number of benzene rings is 3. The van der Waals surface area contributed by atoms with Gasteiger partial charge in [0.05, 0.1) is 23.9 Å². The minimum Gasteiger partial charge on any atom is -0.494 e. The Kier molecular flexibility index (Phi) is 4.95. The predicted octanol–water partition coefficient (Wildman–Crippen LogP) is 4.74. The third-order valence-corrected chi connectivity index (χ3v) is 5.00. The van der Waals surface area contributed by atoms with Crippen LogP contribution in [-0.2, 0) is 6.54 Å². The fourth-order valence-electron chi connectivity index (χ4n) is 3.82. The summed E-state index contributed by atoms with van der Waals surface area (Å²) in [5.74, 6) is 0.921. The van der Waals surface area contributed by atoms with Gasteiger partial charge >= 0.3 is 0 Å². The Hall–Kier alpha value is -3.03. The molecule has 1 heterocycles. The first-order valence-electron chi connectivity index (χ1n) is 9.46. The molecule has 3 aromatic carbocycles. The number of hydrogen-bond acceptors (Lipinski definition) is 4. The molecule has 0 saturated carbocycles. The second-order valence-corrected chi connectivity index (χ2v) is 6.73. The van der Waals surface area contributed by atoms with Crippen molar-refractivity contribution in [2.75, 3.05) is 24.7 Å². The highest BCUT2D eigenvalue weighted by molar-refractivity contribution is 5.97. The molecule has 4 heteroatoms. The van der Waals surface area contributed by atoms with Crippen LogP contribution in [0.3, 0.4) is 0 Å². The van der Waals surface area contributed by atoms with Crippen molar-refractivity contribution in [3.05, 3.63) is 71.8 Å². The molecule has 1 aliphatic rings. The lowest BCUT2D eigenvalue weighted by Gasteiger charge is -2.31. The van der Waals surface area contributed by atoms with Crippen LogP contribution in [0, 0.1) is 11.3 Å². The van der Waals surface area contributed by atoms with Gasteiger partial charge in [-0.15, -0.1) is 0 Å². The maximum Gasteiger partial charge on any atom is 0.119 e. The molecular formula is C23H23N3O. The molecule has 0 aromatic heterocycles. The molecule has 4 nitrogen and oxygen atoms in total. The molecular weight excluding hydrogens is 334 g/mol. The van der Waals surface area contributed by atoms with E-state index < -0.39 is 0 Å². The van der Waals surface area contributed by atoms with E-state index in [2.05, 4.69) is 46.4 Å². The first kappa shape index (κ1) is 17.4. The number of ether oxygens (including phenoxy) is 1. The number of nitrogens with zero attached hydrogens (tertiary/aromatic N) is 3. The summed E-state index contributed by atoms with van der Waals surface area (Å²) in [6.45, 7) is 5.53. The van der Waals surface area contributed by atoms with Crippen molar-refractivity contribution < 1.29 is 4.74 Å². The highest BCUT2D eigenvalue weighted by Gasteiger charge is 2.24. The van der Waals surface area contributed by atoms with Crippen LogP contribution >= 0.6 is 0 Å². The molecule has 4 rings (SSSR count). The van der Waals surface area contributed by atoms with E-state index >= 15 is 0 Å². The van der Waals surface area contributed by atoms with Crippen molar-refractivity contribution in [1.82, 2.24) is 5.01 Å². The van der Waals surface area contributed by atoms with Gasteiger partial charge in [-0.25, -0.2) is 5.01 Å². The SMILES string of the molecule is CCOc1cccc(CN2CCCN2c2ccc(C#N)c3ccccc23)c1. The summed E-state index contributed by atoms with van der Waals surface area (Å²) in [5, 5.41) is 16.3. The van der Waals surface area contributed by atoms with Gasteiger partial charge in [-0.1, -0.05) is 36.4 Å². The van der Waals surface area contributed by atoms with Crippen molar-refractivity contribution in [2.45, 2.75) is 19.9 Å². The summed E-state index contributed by atoms with van der Waals surface area (Å²) in [6.07, 6.45) is 1.12. The summed E-state index contributed by atoms with van der Waals surface area (Å²) < 4.78 is 5.64. The number of nitriles is 1. The Balaban J connectivity index is 1.65. The average Bonchev–Trinajstić information content (AvgIpc) is 3.15. The molecule has 0 aliphatic carbocycles. The van der Waals surface area contributed by atoms with E-state index in [1.54, 1.807) is 0 Å². The van der Waals surface area contributed by atoms with Crippen molar-refractivity contribution >= 4 is 16.5 Å². The third-order valence-electron chi connectivity index (χ3n) is 5.00. The van der Waals surface area contributed by atoms with Gasteiger partial charge < -0.3 is 9.75 Å². The molecule has 0 N–H and O–H groups in total. The van der Waals surface area contributed by atoms with E-state index in [0.717, 1.165) is 48.1 Å². The minimum atomic E-state index is 0.677. The van der Waals surface area contributed by atoms with Crippen molar-refractivity contribution in [3.8, 4) is 11.8 Å². The first-order valence-corrected chi connectivity index (χ1v) is 9.46. The Morgan fingerprint density at radius 1 is 1.00 bits per heavy atom. The first-order chi connectivity index (χ1) is 13.3. The van der Waals surface area contributed by atoms with Crippen LogP contribution in [0.4, 0.5) is 5.69 Å². The molecule has 1 aliphatic heterocycles. The highest BCUT2D eigenvalue weighted by Crippen LogP contribution is 2.33. The lowest BCUT2D eigenvalue weighted by molar-refractivity contribution is 0.301. The van der Waals surface area contributed by atoms with Gasteiger partial charge in [0, 0.05) is 30.4 Å². The van der Waals surface area contributed by atoms with Gasteiger partial charge in [-0.05, 0) is 43.2 Å². The van der Waals surface area contributed by atoms with Gasteiger partial charge in [-0.3, -0.25) is 0 Å². The van der Waals surface area contributed by atoms with E-state index in [1.807, 2.05) is 37.3 Å². The molecule has 1 saturated heterocycles. The highest BCUT2D eigenvalue weighted by atomic mass is 16.5. The minimum absolute atomic E-state index is 0.677. The zero-order valence-electron chi connectivity index (χ0n) is 15.6. The second kappa shape index (κ2) is 7.69. The second-order valence-electron chi connectivity index (χ2n) is 6.73. The molecule has 136 valence electrons. The quantitative estimate of drug-likeness (QED) is 0.661. The summed E-state index contributed by atoms with van der Waals surface area (Å²) >= 11 is 0. The van der Waals surface area contributed by atoms with Crippen molar-refractivity contribution in [3.63, 3.8) is 0 Å². The van der Waals surface area contributed by atoms with E-state index in [4.69, 9.17) is 4.74 Å². The summed E-state index contributed by atoms with van der Waals surface area (Å²) in [5.41, 5.74) is 3.14. The fraction of sp³-hybridized carbons (Fsp3) is 0.261. The predicted molar refractivity (Wildman–Crippen MR) is 109 cm³/mol. The summed E-state index contributed by atoms with van der Waals surface area (Å²) in [7, 11) is 0. The van der Waals surface area contributed by atoms with Crippen LogP contribution in [0.15, 0.2) is 60.7 Å². The standard InChI is InChI=1S/C23H23N3O/c1-2-27-20-8-5-7-18(15-20)17-25-13-6-14-26(25)23-12-11-19(16-24)21-9-3-4-10-22(21)23/h3-5,7-12,15H,2,6,13-14,17H2,1H3. The summed E-state index contributed by atoms with van der Waals surface area (Å²) in [6, 6.07) is 22.8. The van der Waals surface area contributed by atoms with Gasteiger partial charge in [0.2, 0.25) is 0 Å². The topological polar surface area (TPSA) is 39.5 Å². The molecule has 0 spiro atoms. The molecule has 0 atom stereocenters. The maximum absolute atomic E-state index is 9.42. The van der Waals surface area contributed by atoms with Crippen molar-refractivity contribution in [2.24, 2.45) is 0 Å². The molecule has 0 unspecified atom stereocenters. The molecule has 0 bridgehead atoms. The lowest BCUT2D eigenvalue weighted by Crippen LogP contribution is -2.36. The van der Waals surface area contributed by atoms with Crippen LogP contribution in [0.5, 0.6) is 5.75 Å². The largest absolute Gasteiger partial charge is 0.494 e. The normalized spacial score (nSPS) is 14.4. The number of hydrazine groups is 1. The Morgan fingerprint density at radius 3 is 2.67 bits per heavy atom. The van der Waals surface area contributed by atoms with Crippen molar-refractivity contribution in [1.29, 1.82) is 5.26 Å². The number of hydrogen-bond donors (Lipinski definition) is 0.